The number of ketones is 1. The standard InChI is InChI=1S/C9H16O/c1-4-8(2)6-5-7-9(3)10/h5-6,8H,4,7H2,1-3H3/b6-5+. The number of hydrogen-bond acceptors (Lipinski definition) is 1. The van der Waals surface area contributed by atoms with Gasteiger partial charge in [-0.25, -0.2) is 0 Å². The van der Waals surface area contributed by atoms with Gasteiger partial charge in [0, 0.05) is 6.42 Å². The molecule has 0 aromatic rings. The highest BCUT2D eigenvalue weighted by Gasteiger charge is 1.90. The lowest BCUT2D eigenvalue weighted by Gasteiger charge is -1.97. The summed E-state index contributed by atoms with van der Waals surface area (Å²) in [6.07, 6.45) is 5.79. The van der Waals surface area contributed by atoms with Crippen molar-refractivity contribution in [3.05, 3.63) is 12.2 Å². The van der Waals surface area contributed by atoms with Crippen LogP contribution in [0.2, 0.25) is 0 Å². The van der Waals surface area contributed by atoms with Crippen LogP contribution in [-0.2, 0) is 4.79 Å². The summed E-state index contributed by atoms with van der Waals surface area (Å²) in [5, 5.41) is 0. The molecule has 0 rings (SSSR count). The molecule has 0 fully saturated rings. The molecule has 0 bridgehead atoms. The van der Waals surface area contributed by atoms with Gasteiger partial charge in [0.15, 0.2) is 0 Å². The summed E-state index contributed by atoms with van der Waals surface area (Å²) < 4.78 is 0. The minimum atomic E-state index is 0.236. The fourth-order valence-corrected chi connectivity index (χ4v) is 0.602. The van der Waals surface area contributed by atoms with Gasteiger partial charge < -0.3 is 0 Å². The molecule has 0 radical (unpaired) electrons. The maximum absolute atomic E-state index is 10.5. The van der Waals surface area contributed by atoms with E-state index in [1.54, 1.807) is 6.92 Å². The molecule has 0 aromatic carbocycles. The van der Waals surface area contributed by atoms with E-state index in [2.05, 4.69) is 19.9 Å². The van der Waals surface area contributed by atoms with Crippen LogP contribution in [0.1, 0.15) is 33.6 Å². The lowest BCUT2D eigenvalue weighted by Crippen LogP contribution is -1.88. The van der Waals surface area contributed by atoms with Crippen LogP contribution in [-0.4, -0.2) is 5.78 Å². The number of Topliss-reactive ketones (excluding diaryl/α,β-unsaturated/α-hetero) is 1. The van der Waals surface area contributed by atoms with Crippen LogP contribution >= 0.6 is 0 Å². The zero-order chi connectivity index (χ0) is 7.98. The van der Waals surface area contributed by atoms with E-state index in [-0.39, 0.29) is 5.78 Å². The fourth-order valence-electron chi connectivity index (χ4n) is 0.602. The molecule has 0 spiro atoms. The molecule has 0 heterocycles. The molecular weight excluding hydrogens is 124 g/mol. The number of allylic oxidation sites excluding steroid dienone is 2. The van der Waals surface area contributed by atoms with Crippen LogP contribution in [0.5, 0.6) is 0 Å². The van der Waals surface area contributed by atoms with E-state index >= 15 is 0 Å². The van der Waals surface area contributed by atoms with Crippen molar-refractivity contribution in [2.45, 2.75) is 33.6 Å². The van der Waals surface area contributed by atoms with Crippen molar-refractivity contribution in [3.63, 3.8) is 0 Å². The van der Waals surface area contributed by atoms with Crippen LogP contribution < -0.4 is 0 Å². The average molecular weight is 140 g/mol. The summed E-state index contributed by atoms with van der Waals surface area (Å²) in [7, 11) is 0. The number of carbonyl (C=O) groups excluding carboxylic acids is 1. The Morgan fingerprint density at radius 1 is 1.60 bits per heavy atom. The second-order valence-corrected chi connectivity index (χ2v) is 2.72. The third kappa shape index (κ3) is 5.54. The van der Waals surface area contributed by atoms with E-state index in [0.29, 0.717) is 12.3 Å². The third-order valence-corrected chi connectivity index (χ3v) is 1.51. The summed E-state index contributed by atoms with van der Waals surface area (Å²) in [4.78, 5) is 10.5. The maximum atomic E-state index is 10.5. The largest absolute Gasteiger partial charge is 0.300 e. The molecule has 0 aliphatic rings. The number of carbonyl (C=O) groups is 1. The van der Waals surface area contributed by atoms with Gasteiger partial charge in [0.05, 0.1) is 0 Å². The third-order valence-electron chi connectivity index (χ3n) is 1.51. The number of hydrogen-bond donors (Lipinski definition) is 0. The predicted molar refractivity (Wildman–Crippen MR) is 43.9 cm³/mol. The van der Waals surface area contributed by atoms with Gasteiger partial charge in [-0.1, -0.05) is 32.4 Å². The van der Waals surface area contributed by atoms with Crippen LogP contribution in [0.4, 0.5) is 0 Å². The van der Waals surface area contributed by atoms with Crippen molar-refractivity contribution in [2.75, 3.05) is 0 Å². The molecule has 0 aliphatic carbocycles. The van der Waals surface area contributed by atoms with Crippen LogP contribution in [0.25, 0.3) is 0 Å². The molecule has 0 amide bonds. The Balaban J connectivity index is 3.45. The van der Waals surface area contributed by atoms with Crippen molar-refractivity contribution in [1.29, 1.82) is 0 Å². The lowest BCUT2D eigenvalue weighted by atomic mass is 10.1. The van der Waals surface area contributed by atoms with Gasteiger partial charge in [0.1, 0.15) is 5.78 Å². The van der Waals surface area contributed by atoms with Gasteiger partial charge in [0.2, 0.25) is 0 Å². The van der Waals surface area contributed by atoms with Crippen molar-refractivity contribution in [2.24, 2.45) is 5.92 Å². The van der Waals surface area contributed by atoms with Gasteiger partial charge in [-0.15, -0.1) is 0 Å². The van der Waals surface area contributed by atoms with Crippen LogP contribution in [0.3, 0.4) is 0 Å². The molecule has 1 atom stereocenters. The van der Waals surface area contributed by atoms with Gasteiger partial charge in [-0.3, -0.25) is 4.79 Å². The number of rotatable bonds is 4. The molecule has 0 saturated carbocycles. The summed E-state index contributed by atoms with van der Waals surface area (Å²) in [6.45, 7) is 5.90. The second kappa shape index (κ2) is 5.21. The fraction of sp³-hybridized carbons (Fsp3) is 0.667. The molecule has 0 aliphatic heterocycles. The second-order valence-electron chi connectivity index (χ2n) is 2.72. The van der Waals surface area contributed by atoms with E-state index in [9.17, 15) is 4.79 Å². The van der Waals surface area contributed by atoms with Gasteiger partial charge in [-0.2, -0.15) is 0 Å². The van der Waals surface area contributed by atoms with Crippen molar-refractivity contribution < 1.29 is 4.79 Å². The molecule has 0 saturated heterocycles. The monoisotopic (exact) mass is 140 g/mol. The van der Waals surface area contributed by atoms with E-state index in [4.69, 9.17) is 0 Å². The van der Waals surface area contributed by atoms with Crippen molar-refractivity contribution >= 4 is 5.78 Å². The molecule has 0 aromatic heterocycles. The first kappa shape index (κ1) is 9.41. The first-order valence-electron chi connectivity index (χ1n) is 3.83. The quantitative estimate of drug-likeness (QED) is 0.548. The first-order valence-corrected chi connectivity index (χ1v) is 3.83. The molecule has 1 heteroatoms. The summed E-state index contributed by atoms with van der Waals surface area (Å²) in [5.74, 6) is 0.846. The zero-order valence-corrected chi connectivity index (χ0v) is 7.05. The minimum Gasteiger partial charge on any atom is -0.300 e. The van der Waals surface area contributed by atoms with Gasteiger partial charge in [-0.05, 0) is 12.8 Å². The topological polar surface area (TPSA) is 17.1 Å². The SMILES string of the molecule is CCC(C)/C=C/CC(C)=O. The smallest absolute Gasteiger partial charge is 0.133 e. The maximum Gasteiger partial charge on any atom is 0.133 e. The first-order chi connectivity index (χ1) is 4.66. The Kier molecular flexibility index (Phi) is 4.91. The molecule has 1 unspecified atom stereocenters. The molecule has 0 N–H and O–H groups in total. The van der Waals surface area contributed by atoms with E-state index in [1.807, 2.05) is 6.08 Å². The Labute approximate surface area is 63.1 Å². The Morgan fingerprint density at radius 2 is 2.20 bits per heavy atom. The predicted octanol–water partition coefficient (Wildman–Crippen LogP) is 2.57. The van der Waals surface area contributed by atoms with Gasteiger partial charge in [0.25, 0.3) is 0 Å². The Hall–Kier alpha value is -0.590. The van der Waals surface area contributed by atoms with E-state index < -0.39 is 0 Å². The van der Waals surface area contributed by atoms with Gasteiger partial charge >= 0.3 is 0 Å². The molecular formula is C9H16O. The van der Waals surface area contributed by atoms with E-state index in [1.165, 1.54) is 0 Å². The zero-order valence-electron chi connectivity index (χ0n) is 7.05. The van der Waals surface area contributed by atoms with Crippen LogP contribution in [0.15, 0.2) is 12.2 Å². The molecule has 1 nitrogen and oxygen atoms in total. The van der Waals surface area contributed by atoms with Crippen LogP contribution in [0, 0.1) is 5.92 Å². The highest BCUT2D eigenvalue weighted by atomic mass is 16.1. The summed E-state index contributed by atoms with van der Waals surface area (Å²) in [6, 6.07) is 0. The molecule has 58 valence electrons. The highest BCUT2D eigenvalue weighted by Crippen LogP contribution is 2.02. The van der Waals surface area contributed by atoms with E-state index in [0.717, 1.165) is 6.42 Å². The summed E-state index contributed by atoms with van der Waals surface area (Å²) >= 11 is 0. The molecule has 10 heavy (non-hydrogen) atoms. The van der Waals surface area contributed by atoms with Crippen molar-refractivity contribution in [3.8, 4) is 0 Å². The Morgan fingerprint density at radius 3 is 2.60 bits per heavy atom. The summed E-state index contributed by atoms with van der Waals surface area (Å²) in [5.41, 5.74) is 0. The lowest BCUT2D eigenvalue weighted by molar-refractivity contribution is -0.116. The van der Waals surface area contributed by atoms with Crippen molar-refractivity contribution in [1.82, 2.24) is 0 Å². The average Bonchev–Trinajstić information content (AvgIpc) is 1.87. The highest BCUT2D eigenvalue weighted by molar-refractivity contribution is 5.76. The normalized spacial score (nSPS) is 13.9. The minimum absolute atomic E-state index is 0.236. The Bertz CT molecular complexity index is 125.